The number of nitrogens with one attached hydrogen (secondary N) is 1. The smallest absolute Gasteiger partial charge is 0.317 e. The quantitative estimate of drug-likeness (QED) is 0.676. The van der Waals surface area contributed by atoms with Crippen molar-refractivity contribution in [3.63, 3.8) is 0 Å². The standard InChI is InChI=1S/C18H19N3O3/c1-13-8-10-14(11-9-13)16-7-4-12-20(16)18(22)19-15-5-2-3-6-17(15)21(23)24/h2-3,5-6,8-11,16H,4,7,12H2,1H3,(H,19,22). The minimum Gasteiger partial charge on any atom is -0.317 e. The Hall–Kier alpha value is -2.89. The van der Waals surface area contributed by atoms with Gasteiger partial charge in [-0.25, -0.2) is 4.79 Å². The number of carbonyl (C=O) groups is 1. The van der Waals surface area contributed by atoms with Gasteiger partial charge in [-0.3, -0.25) is 10.1 Å². The predicted molar refractivity (Wildman–Crippen MR) is 92.0 cm³/mol. The van der Waals surface area contributed by atoms with Gasteiger partial charge < -0.3 is 10.2 Å². The molecule has 1 N–H and O–H groups in total. The third-order valence-electron chi connectivity index (χ3n) is 4.32. The van der Waals surface area contributed by atoms with Crippen LogP contribution in [-0.2, 0) is 0 Å². The van der Waals surface area contributed by atoms with Gasteiger partial charge in [0.15, 0.2) is 0 Å². The molecule has 6 nitrogen and oxygen atoms in total. The van der Waals surface area contributed by atoms with Gasteiger partial charge in [-0.2, -0.15) is 0 Å². The minimum atomic E-state index is -0.489. The van der Waals surface area contributed by atoms with Crippen molar-refractivity contribution in [3.8, 4) is 0 Å². The molecule has 6 heteroatoms. The Morgan fingerprint density at radius 1 is 1.21 bits per heavy atom. The van der Waals surface area contributed by atoms with Crippen molar-refractivity contribution in [2.45, 2.75) is 25.8 Å². The van der Waals surface area contributed by atoms with Crippen LogP contribution in [0.1, 0.15) is 30.0 Å². The second kappa shape index (κ2) is 6.70. The lowest BCUT2D eigenvalue weighted by Crippen LogP contribution is -2.34. The van der Waals surface area contributed by atoms with Crippen LogP contribution in [0.5, 0.6) is 0 Å². The zero-order chi connectivity index (χ0) is 17.1. The lowest BCUT2D eigenvalue weighted by atomic mass is 10.0. The highest BCUT2D eigenvalue weighted by Crippen LogP contribution is 2.33. The van der Waals surface area contributed by atoms with E-state index in [1.54, 1.807) is 23.1 Å². The Labute approximate surface area is 140 Å². The number of aryl methyl sites for hydroxylation is 1. The summed E-state index contributed by atoms with van der Waals surface area (Å²) in [5.74, 6) is 0. The molecule has 124 valence electrons. The van der Waals surface area contributed by atoms with Gasteiger partial charge in [0.2, 0.25) is 0 Å². The number of likely N-dealkylation sites (tertiary alicyclic amines) is 1. The van der Waals surface area contributed by atoms with E-state index in [0.29, 0.717) is 6.54 Å². The lowest BCUT2D eigenvalue weighted by molar-refractivity contribution is -0.383. The zero-order valence-electron chi connectivity index (χ0n) is 13.4. The number of nitro groups is 1. The normalized spacial score (nSPS) is 16.9. The van der Waals surface area contributed by atoms with E-state index in [9.17, 15) is 14.9 Å². The zero-order valence-corrected chi connectivity index (χ0v) is 13.4. The summed E-state index contributed by atoms with van der Waals surface area (Å²) in [5, 5.41) is 13.8. The molecule has 0 saturated carbocycles. The SMILES string of the molecule is Cc1ccc(C2CCCN2C(=O)Nc2ccccc2[N+](=O)[O-])cc1. The van der Waals surface area contributed by atoms with Crippen molar-refractivity contribution in [2.24, 2.45) is 0 Å². The highest BCUT2D eigenvalue weighted by Gasteiger charge is 2.30. The molecule has 1 aliphatic rings. The number of carbonyl (C=O) groups excluding carboxylic acids is 1. The summed E-state index contributed by atoms with van der Waals surface area (Å²) in [4.78, 5) is 25.0. The molecule has 1 saturated heterocycles. The van der Waals surface area contributed by atoms with E-state index in [1.165, 1.54) is 11.6 Å². The van der Waals surface area contributed by atoms with E-state index in [4.69, 9.17) is 0 Å². The molecule has 1 atom stereocenters. The molecular weight excluding hydrogens is 306 g/mol. The van der Waals surface area contributed by atoms with Gasteiger partial charge in [0.1, 0.15) is 5.69 Å². The van der Waals surface area contributed by atoms with Crippen molar-refractivity contribution in [2.75, 3.05) is 11.9 Å². The van der Waals surface area contributed by atoms with Crippen LogP contribution >= 0.6 is 0 Å². The molecule has 0 aliphatic carbocycles. The van der Waals surface area contributed by atoms with Gasteiger partial charge in [-0.05, 0) is 31.4 Å². The fourth-order valence-electron chi connectivity index (χ4n) is 3.07. The number of urea groups is 1. The largest absolute Gasteiger partial charge is 0.322 e. The monoisotopic (exact) mass is 325 g/mol. The average molecular weight is 325 g/mol. The Morgan fingerprint density at radius 3 is 2.62 bits per heavy atom. The van der Waals surface area contributed by atoms with Gasteiger partial charge in [-0.1, -0.05) is 42.0 Å². The molecule has 1 heterocycles. The van der Waals surface area contributed by atoms with Crippen LogP contribution in [0.15, 0.2) is 48.5 Å². The topological polar surface area (TPSA) is 75.5 Å². The number of hydrogen-bond donors (Lipinski definition) is 1. The maximum Gasteiger partial charge on any atom is 0.322 e. The summed E-state index contributed by atoms with van der Waals surface area (Å²) in [7, 11) is 0. The molecule has 1 unspecified atom stereocenters. The number of benzene rings is 2. The van der Waals surface area contributed by atoms with Crippen LogP contribution in [0.2, 0.25) is 0 Å². The number of rotatable bonds is 3. The summed E-state index contributed by atoms with van der Waals surface area (Å²) in [5.41, 5.74) is 2.39. The molecule has 3 rings (SSSR count). The van der Waals surface area contributed by atoms with Gasteiger partial charge in [0, 0.05) is 12.6 Å². The third-order valence-corrected chi connectivity index (χ3v) is 4.32. The van der Waals surface area contributed by atoms with Gasteiger partial charge in [-0.15, -0.1) is 0 Å². The fraction of sp³-hybridized carbons (Fsp3) is 0.278. The molecule has 0 radical (unpaired) electrons. The molecule has 0 bridgehead atoms. The summed E-state index contributed by atoms with van der Waals surface area (Å²) >= 11 is 0. The summed E-state index contributed by atoms with van der Waals surface area (Å²) in [6.07, 6.45) is 1.82. The maximum absolute atomic E-state index is 12.6. The Morgan fingerprint density at radius 2 is 1.92 bits per heavy atom. The number of para-hydroxylation sites is 2. The first-order valence-corrected chi connectivity index (χ1v) is 7.94. The van der Waals surface area contributed by atoms with E-state index in [1.807, 2.05) is 31.2 Å². The van der Waals surface area contributed by atoms with E-state index in [2.05, 4.69) is 5.32 Å². The third kappa shape index (κ3) is 3.22. The molecule has 1 aliphatic heterocycles. The Kier molecular flexibility index (Phi) is 4.46. The summed E-state index contributed by atoms with van der Waals surface area (Å²) in [6, 6.07) is 14.0. The van der Waals surface area contributed by atoms with Crippen molar-refractivity contribution < 1.29 is 9.72 Å². The van der Waals surface area contributed by atoms with Crippen LogP contribution in [-0.4, -0.2) is 22.4 Å². The van der Waals surface area contributed by atoms with Crippen LogP contribution in [0.4, 0.5) is 16.2 Å². The van der Waals surface area contributed by atoms with Crippen molar-refractivity contribution >= 4 is 17.4 Å². The summed E-state index contributed by atoms with van der Waals surface area (Å²) < 4.78 is 0. The van der Waals surface area contributed by atoms with Crippen molar-refractivity contribution in [3.05, 3.63) is 69.8 Å². The van der Waals surface area contributed by atoms with Crippen LogP contribution in [0.25, 0.3) is 0 Å². The Balaban J connectivity index is 1.79. The van der Waals surface area contributed by atoms with Gasteiger partial charge >= 0.3 is 6.03 Å². The van der Waals surface area contributed by atoms with Crippen LogP contribution in [0, 0.1) is 17.0 Å². The molecular formula is C18H19N3O3. The average Bonchev–Trinajstić information content (AvgIpc) is 3.05. The molecule has 0 spiro atoms. The maximum atomic E-state index is 12.6. The number of hydrogen-bond acceptors (Lipinski definition) is 3. The van der Waals surface area contributed by atoms with Gasteiger partial charge in [0.25, 0.3) is 5.69 Å². The molecule has 2 aromatic carbocycles. The highest BCUT2D eigenvalue weighted by atomic mass is 16.6. The number of nitro benzene ring substituents is 1. The van der Waals surface area contributed by atoms with E-state index in [0.717, 1.165) is 18.4 Å². The van der Waals surface area contributed by atoms with Crippen molar-refractivity contribution in [1.82, 2.24) is 4.90 Å². The predicted octanol–water partition coefficient (Wildman–Crippen LogP) is 4.27. The number of amides is 2. The van der Waals surface area contributed by atoms with Crippen LogP contribution < -0.4 is 5.32 Å². The molecule has 24 heavy (non-hydrogen) atoms. The number of anilines is 1. The molecule has 2 amide bonds. The highest BCUT2D eigenvalue weighted by molar-refractivity contribution is 5.92. The second-order valence-electron chi connectivity index (χ2n) is 5.97. The van der Waals surface area contributed by atoms with E-state index in [-0.39, 0.29) is 23.4 Å². The minimum absolute atomic E-state index is 0.00775. The molecule has 1 fully saturated rings. The van der Waals surface area contributed by atoms with E-state index >= 15 is 0 Å². The summed E-state index contributed by atoms with van der Waals surface area (Å²) in [6.45, 7) is 2.67. The first-order chi connectivity index (χ1) is 11.6. The first kappa shape index (κ1) is 16.0. The number of nitrogens with zero attached hydrogens (tertiary/aromatic N) is 2. The lowest BCUT2D eigenvalue weighted by Gasteiger charge is -2.25. The Bertz CT molecular complexity index is 758. The molecule has 0 aromatic heterocycles. The fourth-order valence-corrected chi connectivity index (χ4v) is 3.07. The second-order valence-corrected chi connectivity index (χ2v) is 5.97. The van der Waals surface area contributed by atoms with E-state index < -0.39 is 4.92 Å². The first-order valence-electron chi connectivity index (χ1n) is 7.94. The van der Waals surface area contributed by atoms with Crippen molar-refractivity contribution in [1.29, 1.82) is 0 Å². The van der Waals surface area contributed by atoms with Crippen LogP contribution in [0.3, 0.4) is 0 Å². The molecule has 2 aromatic rings. The van der Waals surface area contributed by atoms with Gasteiger partial charge in [0.05, 0.1) is 11.0 Å².